The van der Waals surface area contributed by atoms with E-state index in [0.717, 1.165) is 14.9 Å². The van der Waals surface area contributed by atoms with Crippen molar-refractivity contribution in [3.63, 3.8) is 0 Å². The molecule has 0 N–H and O–H groups in total. The largest absolute Gasteiger partial charge is 0.254 e. The fourth-order valence-electron chi connectivity index (χ4n) is 1.16. The zero-order chi connectivity index (χ0) is 10.9. The predicted molar refractivity (Wildman–Crippen MR) is 65.0 cm³/mol. The van der Waals surface area contributed by atoms with E-state index in [1.807, 2.05) is 45.9 Å². The predicted octanol–water partition coefficient (Wildman–Crippen LogP) is 3.66. The minimum atomic E-state index is -0.951. The monoisotopic (exact) mass is 274 g/mol. The number of rotatable bonds is 1. The van der Waals surface area contributed by atoms with Crippen molar-refractivity contribution >= 4 is 26.7 Å². The zero-order valence-corrected chi connectivity index (χ0v) is 11.3. The van der Waals surface area contributed by atoms with Crippen molar-refractivity contribution in [2.45, 2.75) is 37.3 Å². The molecule has 0 saturated heterocycles. The standard InChI is InChI=1S/C11H15BrOS/c1-8-5-9(12)7-10(6-8)14(13)11(2,3)4/h5-7H,1-4H3. The molecule has 0 aliphatic carbocycles. The van der Waals surface area contributed by atoms with Gasteiger partial charge < -0.3 is 0 Å². The summed E-state index contributed by atoms with van der Waals surface area (Å²) in [7, 11) is -0.951. The van der Waals surface area contributed by atoms with E-state index in [4.69, 9.17) is 0 Å². The van der Waals surface area contributed by atoms with Crippen LogP contribution in [0.15, 0.2) is 27.6 Å². The molecule has 3 heteroatoms. The van der Waals surface area contributed by atoms with Gasteiger partial charge in [-0.05, 0) is 51.5 Å². The molecule has 1 unspecified atom stereocenters. The van der Waals surface area contributed by atoms with Crippen LogP contribution < -0.4 is 0 Å². The van der Waals surface area contributed by atoms with Gasteiger partial charge in [-0.3, -0.25) is 4.21 Å². The van der Waals surface area contributed by atoms with Crippen molar-refractivity contribution in [2.75, 3.05) is 0 Å². The summed E-state index contributed by atoms with van der Waals surface area (Å²) in [5.41, 5.74) is 1.13. The van der Waals surface area contributed by atoms with Crippen LogP contribution in [0.5, 0.6) is 0 Å². The lowest BCUT2D eigenvalue weighted by molar-refractivity contribution is 0.649. The van der Waals surface area contributed by atoms with E-state index in [9.17, 15) is 4.21 Å². The molecule has 78 valence electrons. The van der Waals surface area contributed by atoms with Crippen LogP contribution in [0.4, 0.5) is 0 Å². The van der Waals surface area contributed by atoms with Gasteiger partial charge in [-0.25, -0.2) is 0 Å². The van der Waals surface area contributed by atoms with Gasteiger partial charge in [0.1, 0.15) is 0 Å². The van der Waals surface area contributed by atoms with E-state index in [0.29, 0.717) is 0 Å². The van der Waals surface area contributed by atoms with Gasteiger partial charge in [-0.1, -0.05) is 15.9 Å². The Balaban J connectivity index is 3.14. The maximum atomic E-state index is 12.1. The summed E-state index contributed by atoms with van der Waals surface area (Å²) in [6, 6.07) is 5.92. The highest BCUT2D eigenvalue weighted by molar-refractivity contribution is 9.10. The van der Waals surface area contributed by atoms with E-state index < -0.39 is 10.8 Å². The molecule has 0 radical (unpaired) electrons. The molecule has 0 aromatic heterocycles. The molecule has 1 atom stereocenters. The lowest BCUT2D eigenvalue weighted by Gasteiger charge is -2.18. The Morgan fingerprint density at radius 3 is 2.21 bits per heavy atom. The van der Waals surface area contributed by atoms with Crippen molar-refractivity contribution in [2.24, 2.45) is 0 Å². The van der Waals surface area contributed by atoms with Crippen LogP contribution in [0, 0.1) is 6.92 Å². The third-order valence-electron chi connectivity index (χ3n) is 1.79. The van der Waals surface area contributed by atoms with Crippen LogP contribution >= 0.6 is 15.9 Å². The number of benzene rings is 1. The molecule has 1 rings (SSSR count). The normalized spacial score (nSPS) is 14.1. The third kappa shape index (κ3) is 2.92. The Bertz CT molecular complexity index is 346. The summed E-state index contributed by atoms with van der Waals surface area (Å²) in [5.74, 6) is 0. The smallest absolute Gasteiger partial charge is 0.0584 e. The van der Waals surface area contributed by atoms with Gasteiger partial charge in [0.05, 0.1) is 10.8 Å². The Hall–Kier alpha value is -0.150. The average molecular weight is 275 g/mol. The lowest BCUT2D eigenvalue weighted by Crippen LogP contribution is -2.21. The van der Waals surface area contributed by atoms with Crippen molar-refractivity contribution < 1.29 is 4.21 Å². The summed E-state index contributed by atoms with van der Waals surface area (Å²) < 4.78 is 12.9. The first-order valence-electron chi connectivity index (χ1n) is 4.50. The first-order valence-corrected chi connectivity index (χ1v) is 6.44. The van der Waals surface area contributed by atoms with E-state index in [2.05, 4.69) is 15.9 Å². The lowest BCUT2D eigenvalue weighted by atomic mass is 10.2. The molecule has 0 aliphatic heterocycles. The molecule has 1 aromatic carbocycles. The van der Waals surface area contributed by atoms with Crippen LogP contribution in [0.25, 0.3) is 0 Å². The number of aryl methyl sites for hydroxylation is 1. The van der Waals surface area contributed by atoms with Crippen LogP contribution in [0.1, 0.15) is 26.3 Å². The molecule has 0 amide bonds. The first-order chi connectivity index (χ1) is 6.30. The van der Waals surface area contributed by atoms with Crippen molar-refractivity contribution in [1.82, 2.24) is 0 Å². The topological polar surface area (TPSA) is 17.1 Å². The quantitative estimate of drug-likeness (QED) is 0.764. The maximum absolute atomic E-state index is 12.1. The van der Waals surface area contributed by atoms with Crippen LogP contribution in [-0.4, -0.2) is 8.96 Å². The van der Waals surface area contributed by atoms with Gasteiger partial charge in [-0.2, -0.15) is 0 Å². The van der Waals surface area contributed by atoms with Gasteiger partial charge in [0, 0.05) is 14.1 Å². The van der Waals surface area contributed by atoms with Gasteiger partial charge >= 0.3 is 0 Å². The van der Waals surface area contributed by atoms with Gasteiger partial charge in [-0.15, -0.1) is 0 Å². The number of hydrogen-bond donors (Lipinski definition) is 0. The maximum Gasteiger partial charge on any atom is 0.0584 e. The highest BCUT2D eigenvalue weighted by Gasteiger charge is 2.21. The van der Waals surface area contributed by atoms with Gasteiger partial charge in [0.15, 0.2) is 0 Å². The summed E-state index contributed by atoms with van der Waals surface area (Å²) >= 11 is 3.41. The van der Waals surface area contributed by atoms with Crippen molar-refractivity contribution in [3.05, 3.63) is 28.2 Å². The van der Waals surface area contributed by atoms with Crippen molar-refractivity contribution in [3.8, 4) is 0 Å². The summed E-state index contributed by atoms with van der Waals surface area (Å²) in [4.78, 5) is 0.893. The molecule has 0 aliphatic rings. The van der Waals surface area contributed by atoms with E-state index in [-0.39, 0.29) is 4.75 Å². The second kappa shape index (κ2) is 4.15. The molecule has 0 spiro atoms. The van der Waals surface area contributed by atoms with Crippen LogP contribution in [-0.2, 0) is 10.8 Å². The molecule has 0 bridgehead atoms. The van der Waals surface area contributed by atoms with E-state index >= 15 is 0 Å². The molecule has 0 saturated carbocycles. The average Bonchev–Trinajstić information content (AvgIpc) is 1.99. The molecular weight excluding hydrogens is 260 g/mol. The Labute approximate surface area is 96.5 Å². The second-order valence-electron chi connectivity index (χ2n) is 4.35. The Kier molecular flexibility index (Phi) is 3.53. The highest BCUT2D eigenvalue weighted by Crippen LogP contribution is 2.24. The molecule has 14 heavy (non-hydrogen) atoms. The molecule has 1 aromatic rings. The minimum absolute atomic E-state index is 0.201. The molecule has 1 nitrogen and oxygen atoms in total. The van der Waals surface area contributed by atoms with Crippen molar-refractivity contribution in [1.29, 1.82) is 0 Å². The molecular formula is C11H15BrOS. The summed E-state index contributed by atoms with van der Waals surface area (Å²) in [6.07, 6.45) is 0. The van der Waals surface area contributed by atoms with Gasteiger partial charge in [0.25, 0.3) is 0 Å². The number of hydrogen-bond acceptors (Lipinski definition) is 1. The van der Waals surface area contributed by atoms with E-state index in [1.54, 1.807) is 0 Å². The fraction of sp³-hybridized carbons (Fsp3) is 0.455. The SMILES string of the molecule is Cc1cc(Br)cc(S(=O)C(C)(C)C)c1. The summed E-state index contributed by atoms with van der Waals surface area (Å²) in [5, 5.41) is 0. The first kappa shape index (κ1) is 11.9. The molecule has 0 fully saturated rings. The zero-order valence-electron chi connectivity index (χ0n) is 8.93. The third-order valence-corrected chi connectivity index (χ3v) is 4.02. The second-order valence-corrected chi connectivity index (χ2v) is 7.49. The van der Waals surface area contributed by atoms with Crippen LogP contribution in [0.3, 0.4) is 0 Å². The fourth-order valence-corrected chi connectivity index (χ4v) is 3.16. The Morgan fingerprint density at radius 1 is 1.21 bits per heavy atom. The van der Waals surface area contributed by atoms with Gasteiger partial charge in [0.2, 0.25) is 0 Å². The summed E-state index contributed by atoms with van der Waals surface area (Å²) in [6.45, 7) is 7.96. The Morgan fingerprint density at radius 2 is 1.79 bits per heavy atom. The van der Waals surface area contributed by atoms with Crippen LogP contribution in [0.2, 0.25) is 0 Å². The van der Waals surface area contributed by atoms with E-state index in [1.165, 1.54) is 0 Å². The number of halogens is 1. The highest BCUT2D eigenvalue weighted by atomic mass is 79.9. The minimum Gasteiger partial charge on any atom is -0.254 e. The molecule has 0 heterocycles.